The molecule has 0 aliphatic rings. The minimum absolute atomic E-state index is 0.146. The molecule has 0 N–H and O–H groups in total. The fourth-order valence-electron chi connectivity index (χ4n) is 1.97. The standard InChI is InChI=1S/C18H17NOS/c1-14(2)17(20)19(13-15-9-5-3-6-10-15)18(21)16-11-7-4-8-12-16/h3-12H,1,13H2,2H3. The van der Waals surface area contributed by atoms with Crippen LogP contribution in [0, 0.1) is 0 Å². The van der Waals surface area contributed by atoms with Crippen LogP contribution in [0.2, 0.25) is 0 Å². The maximum Gasteiger partial charge on any atom is 0.254 e. The number of carbonyl (C=O) groups is 1. The van der Waals surface area contributed by atoms with Gasteiger partial charge in [0.15, 0.2) is 0 Å². The first-order valence-electron chi connectivity index (χ1n) is 6.70. The Labute approximate surface area is 130 Å². The largest absolute Gasteiger partial charge is 0.294 e. The van der Waals surface area contributed by atoms with Crippen LogP contribution in [-0.2, 0) is 11.3 Å². The van der Waals surface area contributed by atoms with Crippen molar-refractivity contribution in [2.24, 2.45) is 0 Å². The lowest BCUT2D eigenvalue weighted by Crippen LogP contribution is -2.36. The number of nitrogens with zero attached hydrogens (tertiary/aromatic N) is 1. The van der Waals surface area contributed by atoms with Crippen LogP contribution in [-0.4, -0.2) is 15.8 Å². The third-order valence-corrected chi connectivity index (χ3v) is 3.52. The second-order valence-corrected chi connectivity index (χ2v) is 5.22. The molecule has 0 aliphatic carbocycles. The topological polar surface area (TPSA) is 20.3 Å². The first-order chi connectivity index (χ1) is 10.1. The SMILES string of the molecule is C=C(C)C(=O)N(Cc1ccccc1)C(=S)c1ccccc1. The highest BCUT2D eigenvalue weighted by Crippen LogP contribution is 2.14. The van der Waals surface area contributed by atoms with Gasteiger partial charge in [0.25, 0.3) is 5.91 Å². The Morgan fingerprint density at radius 3 is 2.10 bits per heavy atom. The molecule has 0 aliphatic heterocycles. The maximum atomic E-state index is 12.4. The summed E-state index contributed by atoms with van der Waals surface area (Å²) in [7, 11) is 0. The van der Waals surface area contributed by atoms with Crippen molar-refractivity contribution in [3.63, 3.8) is 0 Å². The predicted molar refractivity (Wildman–Crippen MR) is 89.9 cm³/mol. The minimum atomic E-state index is -0.146. The molecule has 2 nitrogen and oxygen atoms in total. The van der Waals surface area contributed by atoms with E-state index in [1.54, 1.807) is 11.8 Å². The molecule has 0 aromatic heterocycles. The van der Waals surface area contributed by atoms with Crippen molar-refractivity contribution in [3.8, 4) is 0 Å². The molecule has 0 saturated heterocycles. The molecule has 0 atom stereocenters. The van der Waals surface area contributed by atoms with Gasteiger partial charge in [0.1, 0.15) is 4.99 Å². The van der Waals surface area contributed by atoms with Crippen LogP contribution in [0.15, 0.2) is 72.8 Å². The van der Waals surface area contributed by atoms with Gasteiger partial charge in [0.05, 0.1) is 6.54 Å². The fraction of sp³-hybridized carbons (Fsp3) is 0.111. The first-order valence-corrected chi connectivity index (χ1v) is 7.11. The molecule has 0 spiro atoms. The van der Waals surface area contributed by atoms with Gasteiger partial charge in [-0.05, 0) is 12.5 Å². The normalized spacial score (nSPS) is 9.95. The van der Waals surface area contributed by atoms with Crippen LogP contribution >= 0.6 is 12.2 Å². The van der Waals surface area contributed by atoms with Crippen molar-refractivity contribution in [1.82, 2.24) is 4.90 Å². The fourth-order valence-corrected chi connectivity index (χ4v) is 2.25. The lowest BCUT2D eigenvalue weighted by atomic mass is 10.1. The Balaban J connectivity index is 2.30. The number of thiocarbonyl (C=S) groups is 1. The lowest BCUT2D eigenvalue weighted by molar-refractivity contribution is -0.123. The van der Waals surface area contributed by atoms with E-state index in [-0.39, 0.29) is 5.91 Å². The number of rotatable bonds is 4. The zero-order valence-electron chi connectivity index (χ0n) is 12.0. The molecule has 0 bridgehead atoms. The zero-order valence-corrected chi connectivity index (χ0v) is 12.8. The van der Waals surface area contributed by atoms with Crippen LogP contribution in [0.1, 0.15) is 18.1 Å². The second-order valence-electron chi connectivity index (χ2n) is 4.83. The van der Waals surface area contributed by atoms with E-state index in [1.165, 1.54) is 0 Å². The number of hydrogen-bond donors (Lipinski definition) is 0. The number of hydrogen-bond acceptors (Lipinski definition) is 2. The molecule has 21 heavy (non-hydrogen) atoms. The van der Waals surface area contributed by atoms with Gasteiger partial charge < -0.3 is 0 Å². The van der Waals surface area contributed by atoms with E-state index in [4.69, 9.17) is 12.2 Å². The summed E-state index contributed by atoms with van der Waals surface area (Å²) >= 11 is 5.50. The summed E-state index contributed by atoms with van der Waals surface area (Å²) in [5.74, 6) is -0.146. The molecule has 0 saturated carbocycles. The van der Waals surface area contributed by atoms with Crippen LogP contribution in [0.5, 0.6) is 0 Å². The van der Waals surface area contributed by atoms with E-state index in [9.17, 15) is 4.79 Å². The third kappa shape index (κ3) is 3.86. The highest BCUT2D eigenvalue weighted by molar-refractivity contribution is 7.80. The summed E-state index contributed by atoms with van der Waals surface area (Å²) in [6, 6.07) is 19.4. The van der Waals surface area contributed by atoms with Gasteiger partial charge in [-0.15, -0.1) is 0 Å². The zero-order chi connectivity index (χ0) is 15.2. The number of carbonyl (C=O) groups excluding carboxylic acids is 1. The van der Waals surface area contributed by atoms with E-state index in [0.717, 1.165) is 11.1 Å². The molecule has 0 radical (unpaired) electrons. The third-order valence-electron chi connectivity index (χ3n) is 3.06. The van der Waals surface area contributed by atoms with Gasteiger partial charge in [-0.1, -0.05) is 79.5 Å². The second kappa shape index (κ2) is 6.95. The molecular formula is C18H17NOS. The van der Waals surface area contributed by atoms with E-state index >= 15 is 0 Å². The summed E-state index contributed by atoms with van der Waals surface area (Å²) in [5, 5.41) is 0. The Hall–Kier alpha value is -2.26. The molecule has 2 rings (SSSR count). The van der Waals surface area contributed by atoms with E-state index in [0.29, 0.717) is 17.1 Å². The van der Waals surface area contributed by atoms with Gasteiger partial charge in [-0.25, -0.2) is 0 Å². The van der Waals surface area contributed by atoms with Crippen molar-refractivity contribution in [1.29, 1.82) is 0 Å². The molecule has 3 heteroatoms. The molecular weight excluding hydrogens is 278 g/mol. The van der Waals surface area contributed by atoms with Crippen molar-refractivity contribution >= 4 is 23.1 Å². The highest BCUT2D eigenvalue weighted by Gasteiger charge is 2.20. The van der Waals surface area contributed by atoms with Crippen molar-refractivity contribution < 1.29 is 4.79 Å². The first kappa shape index (κ1) is 15.1. The molecule has 2 aromatic carbocycles. The lowest BCUT2D eigenvalue weighted by Gasteiger charge is -2.24. The Morgan fingerprint density at radius 2 is 1.57 bits per heavy atom. The Kier molecular flexibility index (Phi) is 5.01. The highest BCUT2D eigenvalue weighted by atomic mass is 32.1. The Morgan fingerprint density at radius 1 is 1.05 bits per heavy atom. The van der Waals surface area contributed by atoms with Crippen LogP contribution in [0.3, 0.4) is 0 Å². The van der Waals surface area contributed by atoms with Gasteiger partial charge in [-0.2, -0.15) is 0 Å². The summed E-state index contributed by atoms with van der Waals surface area (Å²) in [6.45, 7) is 5.89. The number of amides is 1. The van der Waals surface area contributed by atoms with E-state index in [1.807, 2.05) is 60.7 Å². The summed E-state index contributed by atoms with van der Waals surface area (Å²) < 4.78 is 0. The van der Waals surface area contributed by atoms with Crippen LogP contribution in [0.4, 0.5) is 0 Å². The molecule has 0 heterocycles. The quantitative estimate of drug-likeness (QED) is 0.628. The average molecular weight is 295 g/mol. The maximum absolute atomic E-state index is 12.4. The molecule has 106 valence electrons. The van der Waals surface area contributed by atoms with Crippen LogP contribution in [0.25, 0.3) is 0 Å². The smallest absolute Gasteiger partial charge is 0.254 e. The van der Waals surface area contributed by atoms with E-state index < -0.39 is 0 Å². The summed E-state index contributed by atoms with van der Waals surface area (Å²) in [4.78, 5) is 14.5. The minimum Gasteiger partial charge on any atom is -0.294 e. The number of benzene rings is 2. The average Bonchev–Trinajstić information content (AvgIpc) is 2.53. The molecule has 0 fully saturated rings. The van der Waals surface area contributed by atoms with Crippen LogP contribution < -0.4 is 0 Å². The summed E-state index contributed by atoms with van der Waals surface area (Å²) in [5.41, 5.74) is 2.37. The van der Waals surface area contributed by atoms with Gasteiger partial charge in [-0.3, -0.25) is 9.69 Å². The summed E-state index contributed by atoms with van der Waals surface area (Å²) in [6.07, 6.45) is 0. The van der Waals surface area contributed by atoms with Crippen molar-refractivity contribution in [2.45, 2.75) is 13.5 Å². The van der Waals surface area contributed by atoms with E-state index in [2.05, 4.69) is 6.58 Å². The van der Waals surface area contributed by atoms with Crippen molar-refractivity contribution in [3.05, 3.63) is 83.9 Å². The molecule has 0 unspecified atom stereocenters. The predicted octanol–water partition coefficient (Wildman–Crippen LogP) is 3.97. The van der Waals surface area contributed by atoms with Crippen molar-refractivity contribution in [2.75, 3.05) is 0 Å². The van der Waals surface area contributed by atoms with Gasteiger partial charge in [0.2, 0.25) is 0 Å². The monoisotopic (exact) mass is 295 g/mol. The molecule has 2 aromatic rings. The van der Waals surface area contributed by atoms with Gasteiger partial charge in [0, 0.05) is 11.1 Å². The Bertz CT molecular complexity index is 649. The van der Waals surface area contributed by atoms with Gasteiger partial charge >= 0.3 is 0 Å². The molecule has 1 amide bonds.